The fourth-order valence-corrected chi connectivity index (χ4v) is 3.43. The second-order valence-corrected chi connectivity index (χ2v) is 7.47. The van der Waals surface area contributed by atoms with Gasteiger partial charge in [-0.3, -0.25) is 4.40 Å². The summed E-state index contributed by atoms with van der Waals surface area (Å²) in [5.41, 5.74) is 3.11. The van der Waals surface area contributed by atoms with Crippen molar-refractivity contribution in [2.45, 2.75) is 13.1 Å². The number of allylic oxidation sites excluding steroid dienone is 1. The van der Waals surface area contributed by atoms with E-state index in [4.69, 9.17) is 16.6 Å². The third kappa shape index (κ3) is 4.18. The van der Waals surface area contributed by atoms with E-state index in [9.17, 15) is 18.4 Å². The quantitative estimate of drug-likeness (QED) is 0.322. The minimum atomic E-state index is -4.49. The van der Waals surface area contributed by atoms with Gasteiger partial charge in [-0.05, 0) is 60.5 Å². The van der Waals surface area contributed by atoms with Gasteiger partial charge in [-0.2, -0.15) is 18.4 Å². The Bertz CT molecular complexity index is 1340. The monoisotopic (exact) mass is 437 g/mol. The van der Waals surface area contributed by atoms with E-state index in [1.54, 1.807) is 18.2 Å². The molecule has 0 unspecified atom stereocenters. The van der Waals surface area contributed by atoms with Crippen molar-refractivity contribution in [1.29, 1.82) is 5.26 Å². The number of fused-ring (bicyclic) bond motifs is 1. The summed E-state index contributed by atoms with van der Waals surface area (Å²) in [5.74, 6) is 0. The molecule has 0 spiro atoms. The molecule has 0 radical (unpaired) electrons. The van der Waals surface area contributed by atoms with Gasteiger partial charge in [0.2, 0.25) is 0 Å². The van der Waals surface area contributed by atoms with Crippen molar-refractivity contribution in [3.63, 3.8) is 0 Å². The number of imidazole rings is 1. The number of nitrogens with zero attached hydrogens (tertiary/aromatic N) is 3. The molecule has 7 heteroatoms. The van der Waals surface area contributed by atoms with Crippen LogP contribution in [0.4, 0.5) is 13.2 Å². The highest BCUT2D eigenvalue weighted by Gasteiger charge is 2.30. The zero-order valence-electron chi connectivity index (χ0n) is 16.3. The number of benzene rings is 2. The van der Waals surface area contributed by atoms with Crippen LogP contribution in [0.5, 0.6) is 0 Å². The van der Waals surface area contributed by atoms with Crippen molar-refractivity contribution in [3.8, 4) is 17.3 Å². The Morgan fingerprint density at radius 2 is 1.84 bits per heavy atom. The summed E-state index contributed by atoms with van der Waals surface area (Å²) in [6.45, 7) is 1.94. The molecule has 31 heavy (non-hydrogen) atoms. The van der Waals surface area contributed by atoms with Crippen LogP contribution in [0.25, 0.3) is 28.6 Å². The SMILES string of the molecule is Cc1ccn2c(/C=C(\C#N)c3cccc(C(F)(F)F)c3)c(-c3ccc(Cl)cc3)nc2c1. The van der Waals surface area contributed by atoms with Crippen molar-refractivity contribution in [2.24, 2.45) is 0 Å². The Hall–Kier alpha value is -3.56. The number of nitriles is 1. The molecule has 0 aliphatic heterocycles. The van der Waals surface area contributed by atoms with E-state index in [1.807, 2.05) is 47.9 Å². The van der Waals surface area contributed by atoms with Gasteiger partial charge in [0, 0.05) is 16.8 Å². The molecule has 0 saturated carbocycles. The molecule has 0 atom stereocenters. The number of hydrogen-bond donors (Lipinski definition) is 0. The maximum absolute atomic E-state index is 13.1. The van der Waals surface area contributed by atoms with Gasteiger partial charge in [-0.25, -0.2) is 4.98 Å². The van der Waals surface area contributed by atoms with E-state index in [0.29, 0.717) is 22.1 Å². The summed E-state index contributed by atoms with van der Waals surface area (Å²) in [6, 6.07) is 17.6. The van der Waals surface area contributed by atoms with E-state index in [0.717, 1.165) is 23.3 Å². The van der Waals surface area contributed by atoms with Gasteiger partial charge in [-0.15, -0.1) is 0 Å². The van der Waals surface area contributed by atoms with E-state index >= 15 is 0 Å². The Balaban J connectivity index is 1.94. The Kier molecular flexibility index (Phi) is 5.30. The number of rotatable bonds is 3. The standard InChI is InChI=1S/C24H15ClF3N3/c1-15-9-10-31-21(23(30-22(31)11-15)16-5-7-20(25)8-6-16)13-18(14-29)17-3-2-4-19(12-17)24(26,27)28/h2-13H,1H3/b18-13+. The molecule has 2 aromatic heterocycles. The molecule has 4 aromatic rings. The summed E-state index contributed by atoms with van der Waals surface area (Å²) in [6.07, 6.45) is -1.11. The number of alkyl halides is 3. The maximum atomic E-state index is 13.1. The molecule has 3 nitrogen and oxygen atoms in total. The largest absolute Gasteiger partial charge is 0.416 e. The third-order valence-electron chi connectivity index (χ3n) is 4.84. The van der Waals surface area contributed by atoms with Crippen LogP contribution in [0.15, 0.2) is 66.9 Å². The molecule has 2 heterocycles. The van der Waals surface area contributed by atoms with Crippen molar-refractivity contribution in [1.82, 2.24) is 9.38 Å². The van der Waals surface area contributed by atoms with Gasteiger partial charge in [0.1, 0.15) is 5.65 Å². The molecule has 0 N–H and O–H groups in total. The van der Waals surface area contributed by atoms with Crippen molar-refractivity contribution < 1.29 is 13.2 Å². The van der Waals surface area contributed by atoms with Crippen molar-refractivity contribution in [2.75, 3.05) is 0 Å². The van der Waals surface area contributed by atoms with Gasteiger partial charge in [-0.1, -0.05) is 35.9 Å². The lowest BCUT2D eigenvalue weighted by molar-refractivity contribution is -0.137. The molecule has 0 saturated heterocycles. The minimum Gasteiger partial charge on any atom is -0.300 e. The number of halogens is 4. The van der Waals surface area contributed by atoms with Crippen LogP contribution in [-0.4, -0.2) is 9.38 Å². The number of aromatic nitrogens is 2. The van der Waals surface area contributed by atoms with Crippen LogP contribution in [0, 0.1) is 18.3 Å². The molecule has 2 aromatic carbocycles. The van der Waals surface area contributed by atoms with Crippen LogP contribution in [-0.2, 0) is 6.18 Å². The average Bonchev–Trinajstić information content (AvgIpc) is 3.09. The minimum absolute atomic E-state index is 0.101. The fourth-order valence-electron chi connectivity index (χ4n) is 3.30. The number of aryl methyl sites for hydroxylation is 1. The molecule has 0 aliphatic carbocycles. The first-order valence-corrected chi connectivity index (χ1v) is 9.68. The van der Waals surface area contributed by atoms with Crippen LogP contribution in [0.1, 0.15) is 22.4 Å². The summed E-state index contributed by atoms with van der Waals surface area (Å²) in [7, 11) is 0. The molecule has 0 bridgehead atoms. The fraction of sp³-hybridized carbons (Fsp3) is 0.0833. The van der Waals surface area contributed by atoms with Crippen LogP contribution in [0.2, 0.25) is 5.02 Å². The second-order valence-electron chi connectivity index (χ2n) is 7.03. The average molecular weight is 438 g/mol. The summed E-state index contributed by atoms with van der Waals surface area (Å²) in [4.78, 5) is 4.70. The van der Waals surface area contributed by atoms with E-state index in [-0.39, 0.29) is 11.1 Å². The third-order valence-corrected chi connectivity index (χ3v) is 5.09. The second kappa shape index (κ2) is 7.93. The van der Waals surface area contributed by atoms with E-state index in [2.05, 4.69) is 0 Å². The lowest BCUT2D eigenvalue weighted by atomic mass is 10.0. The molecule has 0 aliphatic rings. The van der Waals surface area contributed by atoms with E-state index < -0.39 is 11.7 Å². The van der Waals surface area contributed by atoms with Crippen molar-refractivity contribution in [3.05, 3.63) is 94.3 Å². The van der Waals surface area contributed by atoms with Crippen LogP contribution in [0.3, 0.4) is 0 Å². The summed E-state index contributed by atoms with van der Waals surface area (Å²) < 4.78 is 41.3. The highest BCUT2D eigenvalue weighted by atomic mass is 35.5. The zero-order chi connectivity index (χ0) is 22.2. The number of pyridine rings is 1. The Morgan fingerprint density at radius 3 is 2.52 bits per heavy atom. The Morgan fingerprint density at radius 1 is 1.10 bits per heavy atom. The van der Waals surface area contributed by atoms with Gasteiger partial charge in [0.15, 0.2) is 0 Å². The van der Waals surface area contributed by atoms with Gasteiger partial charge >= 0.3 is 6.18 Å². The summed E-state index contributed by atoms with van der Waals surface area (Å²) >= 11 is 6.00. The van der Waals surface area contributed by atoms with Crippen LogP contribution < -0.4 is 0 Å². The predicted octanol–water partition coefficient (Wildman–Crippen LogP) is 7.05. The smallest absolute Gasteiger partial charge is 0.300 e. The maximum Gasteiger partial charge on any atom is 0.416 e. The molecule has 0 fully saturated rings. The normalized spacial score (nSPS) is 12.2. The lowest BCUT2D eigenvalue weighted by Crippen LogP contribution is -2.05. The van der Waals surface area contributed by atoms with Crippen LogP contribution >= 0.6 is 11.6 Å². The molecule has 0 amide bonds. The first-order chi connectivity index (χ1) is 14.8. The molecule has 4 rings (SSSR count). The molecular formula is C24H15ClF3N3. The highest BCUT2D eigenvalue weighted by Crippen LogP contribution is 2.33. The van der Waals surface area contributed by atoms with Gasteiger partial charge in [0.05, 0.1) is 28.6 Å². The van der Waals surface area contributed by atoms with Gasteiger partial charge in [0.25, 0.3) is 0 Å². The molecule has 154 valence electrons. The number of hydrogen-bond acceptors (Lipinski definition) is 2. The zero-order valence-corrected chi connectivity index (χ0v) is 17.0. The predicted molar refractivity (Wildman–Crippen MR) is 115 cm³/mol. The van der Waals surface area contributed by atoms with Crippen molar-refractivity contribution >= 4 is 28.9 Å². The first-order valence-electron chi connectivity index (χ1n) is 9.30. The highest BCUT2D eigenvalue weighted by molar-refractivity contribution is 6.30. The Labute approximate surface area is 181 Å². The van der Waals surface area contributed by atoms with E-state index in [1.165, 1.54) is 12.1 Å². The first kappa shape index (κ1) is 20.7. The topological polar surface area (TPSA) is 41.1 Å². The lowest BCUT2D eigenvalue weighted by Gasteiger charge is -2.08. The van der Waals surface area contributed by atoms with Gasteiger partial charge < -0.3 is 0 Å². The molecular weight excluding hydrogens is 423 g/mol. The summed E-state index contributed by atoms with van der Waals surface area (Å²) in [5, 5.41) is 10.3.